The highest BCUT2D eigenvalue weighted by molar-refractivity contribution is 9.11. The first kappa shape index (κ1) is 20.6. The zero-order valence-corrected chi connectivity index (χ0v) is 20.1. The molecule has 7 rings (SSSR count). The number of phenols is 2. The Morgan fingerprint density at radius 2 is 1.24 bits per heavy atom. The van der Waals surface area contributed by atoms with Crippen molar-refractivity contribution in [3.63, 3.8) is 0 Å². The van der Waals surface area contributed by atoms with E-state index in [0.29, 0.717) is 4.47 Å². The first-order chi connectivity index (χ1) is 15.9. The van der Waals surface area contributed by atoms with Crippen LogP contribution < -0.4 is 0 Å². The molecule has 2 amide bonds. The van der Waals surface area contributed by atoms with Gasteiger partial charge in [-0.2, -0.15) is 10.1 Å². The van der Waals surface area contributed by atoms with Gasteiger partial charge in [-0.15, -0.1) is 0 Å². The summed E-state index contributed by atoms with van der Waals surface area (Å²) in [5.41, 5.74) is 4.63. The van der Waals surface area contributed by atoms with Crippen molar-refractivity contribution in [1.82, 2.24) is 5.01 Å². The van der Waals surface area contributed by atoms with E-state index in [0.717, 1.165) is 27.3 Å². The Morgan fingerprint density at radius 3 is 1.70 bits per heavy atom. The third-order valence-electron chi connectivity index (χ3n) is 6.94. The number of benzene rings is 3. The summed E-state index contributed by atoms with van der Waals surface area (Å²) in [4.78, 5) is 27.0. The average Bonchev–Trinajstić information content (AvgIpc) is 3.09. The van der Waals surface area contributed by atoms with Crippen molar-refractivity contribution in [3.05, 3.63) is 91.4 Å². The van der Waals surface area contributed by atoms with E-state index in [1.165, 1.54) is 12.3 Å². The fourth-order valence-corrected chi connectivity index (χ4v) is 6.76. The highest BCUT2D eigenvalue weighted by Gasteiger charge is 2.61. The topological polar surface area (TPSA) is 90.2 Å². The molecule has 2 bridgehead atoms. The summed E-state index contributed by atoms with van der Waals surface area (Å²) < 4.78 is 0.431. The molecule has 2 atom stereocenters. The van der Waals surface area contributed by atoms with Gasteiger partial charge in [0, 0.05) is 17.4 Å². The SMILES string of the molecule is O=C1[C@@H]2C3c4ccccc4C(c4ccccc43)[C@@H]2C(=O)N1/N=C\c1cc(Br)c(O)c(Br)c1O. The van der Waals surface area contributed by atoms with Gasteiger partial charge < -0.3 is 10.2 Å². The van der Waals surface area contributed by atoms with Crippen LogP contribution in [0.1, 0.15) is 39.7 Å². The molecule has 0 aromatic heterocycles. The van der Waals surface area contributed by atoms with Gasteiger partial charge in [-0.1, -0.05) is 48.5 Å². The quantitative estimate of drug-likeness (QED) is 0.342. The molecule has 0 radical (unpaired) electrons. The molecule has 1 fully saturated rings. The van der Waals surface area contributed by atoms with Crippen LogP contribution in [0.5, 0.6) is 11.5 Å². The number of carbonyl (C=O) groups excluding carboxylic acids is 2. The van der Waals surface area contributed by atoms with E-state index in [1.54, 1.807) is 0 Å². The summed E-state index contributed by atoms with van der Waals surface area (Å²) >= 11 is 6.34. The monoisotopic (exact) mass is 566 g/mol. The van der Waals surface area contributed by atoms with E-state index in [4.69, 9.17) is 0 Å². The van der Waals surface area contributed by atoms with Crippen LogP contribution in [0.2, 0.25) is 0 Å². The lowest BCUT2D eigenvalue weighted by atomic mass is 9.55. The van der Waals surface area contributed by atoms with Crippen molar-refractivity contribution in [3.8, 4) is 11.5 Å². The van der Waals surface area contributed by atoms with Crippen LogP contribution in [0.3, 0.4) is 0 Å². The second-order valence-corrected chi connectivity index (χ2v) is 10.1. The molecular formula is C25H16Br2N2O4. The molecule has 1 aliphatic heterocycles. The number of hydrazone groups is 1. The van der Waals surface area contributed by atoms with E-state index in [2.05, 4.69) is 37.0 Å². The molecular weight excluding hydrogens is 552 g/mol. The molecule has 0 saturated carbocycles. The van der Waals surface area contributed by atoms with Crippen LogP contribution in [0.15, 0.2) is 68.6 Å². The first-order valence-electron chi connectivity index (χ1n) is 10.4. The Labute approximate surface area is 205 Å². The molecule has 3 aromatic carbocycles. The molecule has 3 aromatic rings. The molecule has 6 nitrogen and oxygen atoms in total. The number of nitrogens with zero attached hydrogens (tertiary/aromatic N) is 2. The van der Waals surface area contributed by atoms with E-state index in [-0.39, 0.29) is 45.2 Å². The Bertz CT molecular complexity index is 1290. The highest BCUT2D eigenvalue weighted by Crippen LogP contribution is 2.61. The first-order valence-corrected chi connectivity index (χ1v) is 12.0. The smallest absolute Gasteiger partial charge is 0.254 e. The number of hydrogen-bond acceptors (Lipinski definition) is 5. The Hall–Kier alpha value is -2.97. The maximum absolute atomic E-state index is 13.5. The minimum Gasteiger partial charge on any atom is -0.506 e. The Kier molecular flexibility index (Phi) is 4.54. The van der Waals surface area contributed by atoms with Crippen LogP contribution in [-0.4, -0.2) is 33.3 Å². The van der Waals surface area contributed by atoms with Gasteiger partial charge in [-0.3, -0.25) is 9.59 Å². The van der Waals surface area contributed by atoms with Crippen LogP contribution in [0.25, 0.3) is 0 Å². The minimum absolute atomic E-state index is 0.0926. The largest absolute Gasteiger partial charge is 0.506 e. The van der Waals surface area contributed by atoms with Crippen molar-refractivity contribution in [2.24, 2.45) is 16.9 Å². The van der Waals surface area contributed by atoms with E-state index >= 15 is 0 Å². The molecule has 8 heteroatoms. The normalized spacial score (nSPS) is 24.8. The number of carbonyl (C=O) groups is 2. The van der Waals surface area contributed by atoms with Gasteiger partial charge in [0.1, 0.15) is 16.0 Å². The van der Waals surface area contributed by atoms with Gasteiger partial charge in [-0.05, 0) is 60.2 Å². The molecule has 164 valence electrons. The van der Waals surface area contributed by atoms with Crippen LogP contribution >= 0.6 is 31.9 Å². The van der Waals surface area contributed by atoms with Crippen LogP contribution in [0.4, 0.5) is 0 Å². The van der Waals surface area contributed by atoms with E-state index < -0.39 is 11.8 Å². The van der Waals surface area contributed by atoms with Crippen molar-refractivity contribution in [1.29, 1.82) is 0 Å². The summed E-state index contributed by atoms with van der Waals surface area (Å²) in [5.74, 6) is -2.50. The average molecular weight is 568 g/mol. The minimum atomic E-state index is -0.517. The molecule has 4 aliphatic rings. The number of phenolic OH excluding ortho intramolecular Hbond substituents is 2. The number of amides is 2. The number of imide groups is 1. The van der Waals surface area contributed by atoms with Crippen molar-refractivity contribution in [2.75, 3.05) is 0 Å². The second-order valence-electron chi connectivity index (χ2n) is 8.46. The summed E-state index contributed by atoms with van der Waals surface area (Å²) in [7, 11) is 0. The highest BCUT2D eigenvalue weighted by atomic mass is 79.9. The molecule has 1 saturated heterocycles. The lowest BCUT2D eigenvalue weighted by Gasteiger charge is -2.45. The third-order valence-corrected chi connectivity index (χ3v) is 8.29. The third kappa shape index (κ3) is 2.74. The van der Waals surface area contributed by atoms with Gasteiger partial charge >= 0.3 is 0 Å². The molecule has 0 unspecified atom stereocenters. The van der Waals surface area contributed by atoms with Crippen LogP contribution in [-0.2, 0) is 9.59 Å². The zero-order valence-electron chi connectivity index (χ0n) is 16.9. The van der Waals surface area contributed by atoms with Gasteiger partial charge in [0.25, 0.3) is 11.8 Å². The van der Waals surface area contributed by atoms with Crippen molar-refractivity contribution < 1.29 is 19.8 Å². The van der Waals surface area contributed by atoms with Crippen LogP contribution in [0, 0.1) is 11.8 Å². The maximum Gasteiger partial charge on any atom is 0.254 e. The number of halogens is 2. The lowest BCUT2D eigenvalue weighted by molar-refractivity contribution is -0.139. The summed E-state index contributed by atoms with van der Waals surface area (Å²) in [5, 5.41) is 25.4. The van der Waals surface area contributed by atoms with Gasteiger partial charge in [0.15, 0.2) is 0 Å². The molecule has 1 heterocycles. The van der Waals surface area contributed by atoms with Gasteiger partial charge in [0.2, 0.25) is 0 Å². The fraction of sp³-hybridized carbons (Fsp3) is 0.160. The summed E-state index contributed by atoms with van der Waals surface area (Å²) in [6, 6.07) is 17.5. The fourth-order valence-electron chi connectivity index (χ4n) is 5.61. The number of aromatic hydroxyl groups is 2. The van der Waals surface area contributed by atoms with E-state index in [9.17, 15) is 19.8 Å². The predicted octanol–water partition coefficient (Wildman–Crippen LogP) is 4.85. The second kappa shape index (κ2) is 7.27. The summed E-state index contributed by atoms with van der Waals surface area (Å²) in [6.45, 7) is 0. The lowest BCUT2D eigenvalue weighted by Crippen LogP contribution is -2.41. The number of rotatable bonds is 2. The van der Waals surface area contributed by atoms with Gasteiger partial charge in [0.05, 0.1) is 22.5 Å². The standard InChI is InChI=1S/C25H16Br2N2O4/c26-16-9-11(22(30)21(27)23(16)31)10-28-29-24(32)19-17-12-5-1-2-6-13(12)18(20(19)25(29)33)15-8-4-3-7-14(15)17/h1-10,17-20,30-31H/b28-10-/t17?,18?,19-,20+. The van der Waals surface area contributed by atoms with Gasteiger partial charge in [-0.25, -0.2) is 0 Å². The summed E-state index contributed by atoms with van der Waals surface area (Å²) in [6.07, 6.45) is 1.26. The predicted molar refractivity (Wildman–Crippen MR) is 128 cm³/mol. The Morgan fingerprint density at radius 1 is 0.788 bits per heavy atom. The zero-order chi connectivity index (χ0) is 23.0. The van der Waals surface area contributed by atoms with E-state index in [1.807, 2.05) is 48.5 Å². The maximum atomic E-state index is 13.5. The molecule has 3 aliphatic carbocycles. The molecule has 2 N–H and O–H groups in total. The number of hydrogen-bond donors (Lipinski definition) is 2. The molecule has 0 spiro atoms. The van der Waals surface area contributed by atoms with Crippen molar-refractivity contribution >= 4 is 49.9 Å². The Balaban J connectivity index is 1.44. The molecule has 33 heavy (non-hydrogen) atoms. The van der Waals surface area contributed by atoms with Crippen molar-refractivity contribution in [2.45, 2.75) is 11.8 Å².